The van der Waals surface area contributed by atoms with Gasteiger partial charge in [-0.25, -0.2) is 0 Å². The summed E-state index contributed by atoms with van der Waals surface area (Å²) < 4.78 is 0. The second kappa shape index (κ2) is 9.14. The Morgan fingerprint density at radius 2 is 1.50 bits per heavy atom. The van der Waals surface area contributed by atoms with Gasteiger partial charge in [0.15, 0.2) is 0 Å². The van der Waals surface area contributed by atoms with E-state index in [-0.39, 0.29) is 0 Å². The lowest BCUT2D eigenvalue weighted by Gasteiger charge is -1.98. The minimum atomic E-state index is 0.829. The highest BCUT2D eigenvalue weighted by atomic mass is 16.1. The van der Waals surface area contributed by atoms with E-state index in [1.54, 1.807) is 0 Å². The minimum Gasteiger partial charge on any atom is -0.298 e. The maximum Gasteiger partial charge on any atom is 0.145 e. The fourth-order valence-corrected chi connectivity index (χ4v) is 1.38. The van der Waals surface area contributed by atoms with Gasteiger partial charge in [-0.15, -0.1) is 0 Å². The van der Waals surface area contributed by atoms with Crippen LogP contribution in [0.1, 0.15) is 53.4 Å². The van der Waals surface area contributed by atoms with E-state index >= 15 is 0 Å². The topological polar surface area (TPSA) is 17.1 Å². The van der Waals surface area contributed by atoms with E-state index in [2.05, 4.69) is 32.9 Å². The van der Waals surface area contributed by atoms with Gasteiger partial charge in [-0.1, -0.05) is 29.4 Å². The van der Waals surface area contributed by atoms with E-state index in [9.17, 15) is 4.79 Å². The van der Waals surface area contributed by atoms with Crippen molar-refractivity contribution in [3.63, 3.8) is 0 Å². The normalized spacial score (nSPS) is 12.5. The summed E-state index contributed by atoms with van der Waals surface area (Å²) in [5.74, 6) is 0. The molecular weight excluding hydrogens is 196 g/mol. The van der Waals surface area contributed by atoms with Gasteiger partial charge in [0.2, 0.25) is 0 Å². The molecule has 0 aromatic carbocycles. The molecule has 0 fully saturated rings. The zero-order valence-electron chi connectivity index (χ0n) is 11.0. The third-order valence-corrected chi connectivity index (χ3v) is 2.40. The Labute approximate surface area is 99.9 Å². The first-order valence-electron chi connectivity index (χ1n) is 5.97. The molecule has 0 amide bonds. The van der Waals surface area contributed by atoms with Crippen LogP contribution in [0.4, 0.5) is 0 Å². The minimum absolute atomic E-state index is 0.829. The number of allylic oxidation sites excluding steroid dienone is 6. The Bertz CT molecular complexity index is 289. The standard InChI is InChI=1S/C15H24O/c1-13(2)8-7-11-14(3)9-5-6-10-15(4)12-16/h8-10,12H,5-7,11H2,1-4H3/b14-9+,15-10+. The SMILES string of the molecule is CC(C)=CCC/C(C)=C/CC/C=C(\C)C=O. The number of rotatable bonds is 7. The van der Waals surface area contributed by atoms with Crippen LogP contribution in [0.25, 0.3) is 0 Å². The summed E-state index contributed by atoms with van der Waals surface area (Å²) in [6.07, 6.45) is 11.7. The zero-order chi connectivity index (χ0) is 12.4. The molecule has 0 saturated carbocycles. The van der Waals surface area contributed by atoms with Crippen molar-refractivity contribution in [3.8, 4) is 0 Å². The summed E-state index contributed by atoms with van der Waals surface area (Å²) in [6.45, 7) is 8.28. The van der Waals surface area contributed by atoms with Crippen molar-refractivity contribution in [1.82, 2.24) is 0 Å². The number of hydrogen-bond acceptors (Lipinski definition) is 1. The summed E-state index contributed by atoms with van der Waals surface area (Å²) in [5.41, 5.74) is 3.66. The highest BCUT2D eigenvalue weighted by Crippen LogP contribution is 2.09. The summed E-state index contributed by atoms with van der Waals surface area (Å²) in [7, 11) is 0. The first-order chi connectivity index (χ1) is 7.56. The van der Waals surface area contributed by atoms with Gasteiger partial charge in [0.25, 0.3) is 0 Å². The van der Waals surface area contributed by atoms with Gasteiger partial charge >= 0.3 is 0 Å². The number of carbonyl (C=O) groups is 1. The highest BCUT2D eigenvalue weighted by molar-refractivity contribution is 5.71. The number of carbonyl (C=O) groups excluding carboxylic acids is 1. The molecule has 16 heavy (non-hydrogen) atoms. The van der Waals surface area contributed by atoms with Crippen LogP contribution in [0.15, 0.2) is 34.9 Å². The van der Waals surface area contributed by atoms with E-state index in [4.69, 9.17) is 0 Å². The second-order valence-electron chi connectivity index (χ2n) is 4.51. The first kappa shape index (κ1) is 14.9. The molecule has 0 heterocycles. The highest BCUT2D eigenvalue weighted by Gasteiger charge is 1.89. The number of aldehydes is 1. The Hall–Kier alpha value is -1.11. The van der Waals surface area contributed by atoms with Crippen LogP contribution >= 0.6 is 0 Å². The lowest BCUT2D eigenvalue weighted by atomic mass is 10.1. The molecule has 0 aliphatic rings. The third kappa shape index (κ3) is 9.45. The van der Waals surface area contributed by atoms with E-state index in [0.29, 0.717) is 0 Å². The smallest absolute Gasteiger partial charge is 0.145 e. The molecule has 0 bridgehead atoms. The molecule has 1 heteroatoms. The predicted molar refractivity (Wildman–Crippen MR) is 71.5 cm³/mol. The van der Waals surface area contributed by atoms with E-state index < -0.39 is 0 Å². The molecule has 0 atom stereocenters. The van der Waals surface area contributed by atoms with E-state index in [0.717, 1.165) is 37.5 Å². The second-order valence-corrected chi connectivity index (χ2v) is 4.51. The largest absolute Gasteiger partial charge is 0.298 e. The van der Waals surface area contributed by atoms with Gasteiger partial charge in [0, 0.05) is 0 Å². The maximum absolute atomic E-state index is 10.3. The average Bonchev–Trinajstić information content (AvgIpc) is 2.23. The van der Waals surface area contributed by atoms with Crippen molar-refractivity contribution in [2.75, 3.05) is 0 Å². The molecule has 0 aliphatic heterocycles. The molecule has 1 nitrogen and oxygen atoms in total. The fraction of sp³-hybridized carbons (Fsp3) is 0.533. The Morgan fingerprint density at radius 1 is 0.875 bits per heavy atom. The molecular formula is C15H24O. The predicted octanol–water partition coefficient (Wildman–Crippen LogP) is 4.60. The van der Waals surface area contributed by atoms with Gasteiger partial charge < -0.3 is 0 Å². The lowest BCUT2D eigenvalue weighted by Crippen LogP contribution is -1.79. The van der Waals surface area contributed by atoms with Crippen LogP contribution in [0, 0.1) is 0 Å². The number of unbranched alkanes of at least 4 members (excludes halogenated alkanes) is 1. The Balaban J connectivity index is 3.79. The summed E-state index contributed by atoms with van der Waals surface area (Å²) in [6, 6.07) is 0. The van der Waals surface area contributed by atoms with Gasteiger partial charge in [-0.3, -0.25) is 4.79 Å². The third-order valence-electron chi connectivity index (χ3n) is 2.40. The number of hydrogen-bond donors (Lipinski definition) is 0. The molecule has 0 aromatic heterocycles. The van der Waals surface area contributed by atoms with Crippen molar-refractivity contribution < 1.29 is 4.79 Å². The van der Waals surface area contributed by atoms with Crippen LogP contribution in [-0.2, 0) is 4.79 Å². The van der Waals surface area contributed by atoms with Crippen molar-refractivity contribution in [3.05, 3.63) is 34.9 Å². The molecule has 0 spiro atoms. The Morgan fingerprint density at radius 3 is 2.06 bits per heavy atom. The summed E-state index contributed by atoms with van der Waals surface area (Å²) >= 11 is 0. The molecule has 0 aromatic rings. The molecule has 0 unspecified atom stereocenters. The van der Waals surface area contributed by atoms with Gasteiger partial charge in [-0.2, -0.15) is 0 Å². The van der Waals surface area contributed by atoms with Gasteiger partial charge in [0.1, 0.15) is 6.29 Å². The van der Waals surface area contributed by atoms with E-state index in [1.807, 2.05) is 13.0 Å². The van der Waals surface area contributed by atoms with Crippen LogP contribution in [-0.4, -0.2) is 6.29 Å². The summed E-state index contributed by atoms with van der Waals surface area (Å²) in [5, 5.41) is 0. The van der Waals surface area contributed by atoms with Crippen LogP contribution in [0.3, 0.4) is 0 Å². The van der Waals surface area contributed by atoms with Crippen molar-refractivity contribution in [1.29, 1.82) is 0 Å². The lowest BCUT2D eigenvalue weighted by molar-refractivity contribution is -0.104. The van der Waals surface area contributed by atoms with Crippen LogP contribution in [0.2, 0.25) is 0 Å². The first-order valence-corrected chi connectivity index (χ1v) is 5.97. The molecule has 0 rings (SSSR count). The van der Waals surface area contributed by atoms with Gasteiger partial charge in [0.05, 0.1) is 0 Å². The van der Waals surface area contributed by atoms with E-state index in [1.165, 1.54) is 11.1 Å². The molecule has 0 aliphatic carbocycles. The average molecular weight is 220 g/mol. The maximum atomic E-state index is 10.3. The molecule has 0 radical (unpaired) electrons. The molecule has 90 valence electrons. The van der Waals surface area contributed by atoms with Crippen molar-refractivity contribution in [2.24, 2.45) is 0 Å². The molecule has 0 N–H and O–H groups in total. The van der Waals surface area contributed by atoms with Crippen molar-refractivity contribution in [2.45, 2.75) is 53.4 Å². The molecule has 0 saturated heterocycles. The monoisotopic (exact) mass is 220 g/mol. The zero-order valence-corrected chi connectivity index (χ0v) is 11.0. The quantitative estimate of drug-likeness (QED) is 0.265. The van der Waals surface area contributed by atoms with Gasteiger partial charge in [-0.05, 0) is 59.0 Å². The fourth-order valence-electron chi connectivity index (χ4n) is 1.38. The Kier molecular flexibility index (Phi) is 8.51. The van der Waals surface area contributed by atoms with Crippen molar-refractivity contribution >= 4 is 6.29 Å². The summed E-state index contributed by atoms with van der Waals surface area (Å²) in [4.78, 5) is 10.3. The van der Waals surface area contributed by atoms with Crippen LogP contribution in [0.5, 0.6) is 0 Å². The van der Waals surface area contributed by atoms with Crippen LogP contribution < -0.4 is 0 Å².